The van der Waals surface area contributed by atoms with Crippen molar-refractivity contribution in [1.29, 1.82) is 0 Å². The second kappa shape index (κ2) is 12.0. The van der Waals surface area contributed by atoms with E-state index in [1.54, 1.807) is 0 Å². The molecule has 8 atom stereocenters. The summed E-state index contributed by atoms with van der Waals surface area (Å²) in [7, 11) is 0. The van der Waals surface area contributed by atoms with Crippen LogP contribution < -0.4 is 0 Å². The molecule has 3 heterocycles. The molecule has 1 aliphatic carbocycles. The van der Waals surface area contributed by atoms with Crippen LogP contribution in [0, 0.1) is 17.8 Å². The Balaban J connectivity index is 1.45. The summed E-state index contributed by atoms with van der Waals surface area (Å²) in [6.45, 7) is 6.06. The first-order valence-electron chi connectivity index (χ1n) is 13.1. The van der Waals surface area contributed by atoms with Crippen molar-refractivity contribution in [3.8, 4) is 0 Å². The molecule has 32 heavy (non-hydrogen) atoms. The number of hydrogen-bond donors (Lipinski definition) is 0. The van der Waals surface area contributed by atoms with Crippen molar-refractivity contribution in [3.63, 3.8) is 0 Å². The summed E-state index contributed by atoms with van der Waals surface area (Å²) in [4.78, 5) is 12.0. The maximum Gasteiger partial charge on any atom is 0.306 e. The zero-order valence-electron chi connectivity index (χ0n) is 19.9. The molecule has 0 N–H and O–H groups in total. The fourth-order valence-electron chi connectivity index (χ4n) is 5.61. The van der Waals surface area contributed by atoms with Crippen molar-refractivity contribution < 1.29 is 28.5 Å². The zero-order chi connectivity index (χ0) is 22.3. The SMILES string of the molecule is CCCC[C@H](C)[C@@H](/C=C/[C@@H]1[C@H]2CC(=O)O[C@H]2C[C@H]1OC1CCCCO1)OC1CCCCO1. The molecule has 3 saturated heterocycles. The van der Waals surface area contributed by atoms with Gasteiger partial charge in [0.2, 0.25) is 0 Å². The molecule has 0 aromatic rings. The van der Waals surface area contributed by atoms with Gasteiger partial charge in [-0.15, -0.1) is 0 Å². The standard InChI is InChI=1S/C26H42O6/c1-3-4-9-18(2)21(31-25-10-5-7-14-28-25)13-12-19-20-16-24(27)30-23(20)17-22(19)32-26-11-6-8-15-29-26/h12-13,18-23,25-26H,3-11,14-17H2,1-2H3/b13-12+/t18-,19+,20+,21+,22+,23-,25?,26?/m0/s1. The smallest absolute Gasteiger partial charge is 0.306 e. The van der Waals surface area contributed by atoms with Crippen LogP contribution in [-0.4, -0.2) is 50.1 Å². The molecule has 0 aromatic heterocycles. The van der Waals surface area contributed by atoms with Crippen LogP contribution >= 0.6 is 0 Å². The summed E-state index contributed by atoms with van der Waals surface area (Å²) < 4.78 is 30.2. The lowest BCUT2D eigenvalue weighted by Gasteiger charge is -2.31. The summed E-state index contributed by atoms with van der Waals surface area (Å²) in [6, 6.07) is 0. The van der Waals surface area contributed by atoms with Crippen molar-refractivity contribution in [2.45, 2.75) is 115 Å². The predicted octanol–water partition coefficient (Wildman–Crippen LogP) is 5.14. The van der Waals surface area contributed by atoms with E-state index in [0.717, 1.165) is 64.6 Å². The Bertz CT molecular complexity index is 609. The highest BCUT2D eigenvalue weighted by Crippen LogP contribution is 2.44. The van der Waals surface area contributed by atoms with Gasteiger partial charge in [-0.3, -0.25) is 4.79 Å². The Morgan fingerprint density at radius 1 is 1.09 bits per heavy atom. The van der Waals surface area contributed by atoms with Gasteiger partial charge in [-0.1, -0.05) is 38.8 Å². The van der Waals surface area contributed by atoms with Crippen LogP contribution in [0.2, 0.25) is 0 Å². The topological polar surface area (TPSA) is 63.2 Å². The molecule has 6 heteroatoms. The highest BCUT2D eigenvalue weighted by molar-refractivity contribution is 5.72. The molecule has 0 amide bonds. The Hall–Kier alpha value is -0.950. The van der Waals surface area contributed by atoms with Gasteiger partial charge in [0.1, 0.15) is 6.10 Å². The van der Waals surface area contributed by atoms with Gasteiger partial charge < -0.3 is 23.7 Å². The Kier molecular flexibility index (Phi) is 9.04. The van der Waals surface area contributed by atoms with Gasteiger partial charge >= 0.3 is 5.97 Å². The van der Waals surface area contributed by atoms with E-state index in [0.29, 0.717) is 12.3 Å². The van der Waals surface area contributed by atoms with Crippen molar-refractivity contribution in [2.24, 2.45) is 17.8 Å². The van der Waals surface area contributed by atoms with Gasteiger partial charge in [0.25, 0.3) is 0 Å². The molecule has 3 aliphatic heterocycles. The number of fused-ring (bicyclic) bond motifs is 1. The highest BCUT2D eigenvalue weighted by atomic mass is 16.7. The van der Waals surface area contributed by atoms with Crippen molar-refractivity contribution in [1.82, 2.24) is 0 Å². The lowest BCUT2D eigenvalue weighted by atomic mass is 9.89. The summed E-state index contributed by atoms with van der Waals surface area (Å²) in [5.74, 6) is 0.667. The van der Waals surface area contributed by atoms with Crippen LogP contribution in [0.1, 0.15) is 84.5 Å². The predicted molar refractivity (Wildman–Crippen MR) is 121 cm³/mol. The third kappa shape index (κ3) is 6.34. The number of ether oxygens (including phenoxy) is 5. The molecule has 6 nitrogen and oxygen atoms in total. The van der Waals surface area contributed by atoms with Crippen LogP contribution in [0.15, 0.2) is 12.2 Å². The molecular formula is C26H42O6. The zero-order valence-corrected chi connectivity index (χ0v) is 19.9. The van der Waals surface area contributed by atoms with Crippen LogP contribution in [0.4, 0.5) is 0 Å². The monoisotopic (exact) mass is 450 g/mol. The van der Waals surface area contributed by atoms with E-state index in [-0.39, 0.29) is 48.7 Å². The molecule has 182 valence electrons. The normalized spacial score (nSPS) is 37.4. The summed E-state index contributed by atoms with van der Waals surface area (Å²) in [6.07, 6.45) is 15.4. The molecule has 1 saturated carbocycles. The number of rotatable bonds is 10. The Labute approximate surface area is 193 Å². The number of carbonyl (C=O) groups excluding carboxylic acids is 1. The third-order valence-electron chi connectivity index (χ3n) is 7.56. The van der Waals surface area contributed by atoms with E-state index in [2.05, 4.69) is 26.0 Å². The van der Waals surface area contributed by atoms with Crippen molar-refractivity contribution in [3.05, 3.63) is 12.2 Å². The van der Waals surface area contributed by atoms with Crippen LogP contribution in [-0.2, 0) is 28.5 Å². The average molecular weight is 451 g/mol. The minimum absolute atomic E-state index is 0.00769. The maximum atomic E-state index is 12.0. The highest BCUT2D eigenvalue weighted by Gasteiger charge is 2.50. The molecule has 0 aromatic carbocycles. The fraction of sp³-hybridized carbons (Fsp3) is 0.885. The first kappa shape index (κ1) is 24.2. The van der Waals surface area contributed by atoms with E-state index >= 15 is 0 Å². The second-order valence-corrected chi connectivity index (χ2v) is 10.1. The number of unbranched alkanes of at least 4 members (excludes halogenated alkanes) is 1. The first-order chi connectivity index (χ1) is 15.6. The maximum absolute atomic E-state index is 12.0. The van der Waals surface area contributed by atoms with Gasteiger partial charge in [-0.05, 0) is 50.9 Å². The summed E-state index contributed by atoms with van der Waals surface area (Å²) in [5, 5.41) is 0. The summed E-state index contributed by atoms with van der Waals surface area (Å²) >= 11 is 0. The van der Waals surface area contributed by atoms with Gasteiger partial charge in [-0.25, -0.2) is 0 Å². The van der Waals surface area contributed by atoms with Gasteiger partial charge in [-0.2, -0.15) is 0 Å². The van der Waals surface area contributed by atoms with Crippen molar-refractivity contribution >= 4 is 5.97 Å². The molecule has 0 radical (unpaired) electrons. The van der Waals surface area contributed by atoms with Crippen LogP contribution in [0.5, 0.6) is 0 Å². The lowest BCUT2D eigenvalue weighted by molar-refractivity contribution is -0.194. The average Bonchev–Trinajstić information content (AvgIpc) is 3.31. The van der Waals surface area contributed by atoms with Gasteiger partial charge in [0.05, 0.1) is 18.6 Å². The minimum Gasteiger partial charge on any atom is -0.462 e. The summed E-state index contributed by atoms with van der Waals surface area (Å²) in [5.41, 5.74) is 0. The third-order valence-corrected chi connectivity index (χ3v) is 7.56. The number of esters is 1. The minimum atomic E-state index is -0.134. The Morgan fingerprint density at radius 3 is 2.53 bits per heavy atom. The quantitative estimate of drug-likeness (QED) is 0.339. The molecule has 2 unspecified atom stereocenters. The van der Waals surface area contributed by atoms with E-state index < -0.39 is 0 Å². The first-order valence-corrected chi connectivity index (χ1v) is 13.1. The van der Waals surface area contributed by atoms with Crippen LogP contribution in [0.3, 0.4) is 0 Å². The molecular weight excluding hydrogens is 408 g/mol. The number of hydrogen-bond acceptors (Lipinski definition) is 6. The van der Waals surface area contributed by atoms with E-state index in [1.807, 2.05) is 0 Å². The lowest BCUT2D eigenvalue weighted by Crippen LogP contribution is -2.32. The number of carbonyl (C=O) groups is 1. The Morgan fingerprint density at radius 2 is 1.84 bits per heavy atom. The molecule has 0 bridgehead atoms. The molecule has 4 rings (SSSR count). The van der Waals surface area contributed by atoms with E-state index in [1.165, 1.54) is 12.8 Å². The second-order valence-electron chi connectivity index (χ2n) is 10.1. The van der Waals surface area contributed by atoms with Gasteiger partial charge in [0, 0.05) is 31.5 Å². The van der Waals surface area contributed by atoms with E-state index in [9.17, 15) is 4.79 Å². The van der Waals surface area contributed by atoms with Crippen LogP contribution in [0.25, 0.3) is 0 Å². The molecule has 0 spiro atoms. The molecule has 4 fully saturated rings. The molecule has 4 aliphatic rings. The fourth-order valence-corrected chi connectivity index (χ4v) is 5.61. The largest absolute Gasteiger partial charge is 0.462 e. The van der Waals surface area contributed by atoms with Gasteiger partial charge in [0.15, 0.2) is 12.6 Å². The van der Waals surface area contributed by atoms with Crippen molar-refractivity contribution in [2.75, 3.05) is 13.2 Å². The van der Waals surface area contributed by atoms with E-state index in [4.69, 9.17) is 23.7 Å².